The summed E-state index contributed by atoms with van der Waals surface area (Å²) in [4.78, 5) is 5.50. The topological polar surface area (TPSA) is 6.48 Å². The van der Waals surface area contributed by atoms with Gasteiger partial charge in [0.15, 0.2) is 0 Å². The zero-order valence-electron chi connectivity index (χ0n) is 29.2. The molecule has 0 aliphatic carbocycles. The molecule has 44 heavy (non-hydrogen) atoms. The average molecular weight is 601 g/mol. The van der Waals surface area contributed by atoms with E-state index in [2.05, 4.69) is 104 Å². The van der Waals surface area contributed by atoms with E-state index in [1.165, 1.54) is 133 Å². The van der Waals surface area contributed by atoms with Crippen molar-refractivity contribution in [3.63, 3.8) is 0 Å². The predicted octanol–water partition coefficient (Wildman–Crippen LogP) is 12.7. The average Bonchev–Trinajstić information content (AvgIpc) is 3.38. The van der Waals surface area contributed by atoms with Gasteiger partial charge < -0.3 is 9.80 Å². The molecule has 1 aliphatic rings. The van der Waals surface area contributed by atoms with Crippen molar-refractivity contribution in [2.75, 3.05) is 13.1 Å². The summed E-state index contributed by atoms with van der Waals surface area (Å²) in [5.74, 6) is 0.446. The molecule has 0 bridgehead atoms. The molecule has 0 radical (unpaired) electrons. The van der Waals surface area contributed by atoms with Crippen molar-refractivity contribution in [2.24, 2.45) is 0 Å². The summed E-state index contributed by atoms with van der Waals surface area (Å²) in [5, 5.41) is 0. The summed E-state index contributed by atoms with van der Waals surface area (Å²) in [6, 6.07) is 22.7. The molecule has 0 saturated heterocycles. The quantitative estimate of drug-likeness (QED) is 0.0991. The zero-order chi connectivity index (χ0) is 31.1. The number of nitrogens with zero attached hydrogens (tertiary/aromatic N) is 2. The molecule has 2 unspecified atom stereocenters. The molecule has 0 amide bonds. The van der Waals surface area contributed by atoms with Gasteiger partial charge in [0.05, 0.1) is 0 Å². The Balaban J connectivity index is 1.51. The van der Waals surface area contributed by atoms with Crippen molar-refractivity contribution in [3.05, 3.63) is 84.2 Å². The van der Waals surface area contributed by atoms with Crippen LogP contribution in [0.5, 0.6) is 0 Å². The van der Waals surface area contributed by atoms with Crippen LogP contribution in [-0.4, -0.2) is 28.6 Å². The Morgan fingerprint density at radius 1 is 0.477 bits per heavy atom. The van der Waals surface area contributed by atoms with Gasteiger partial charge in [0, 0.05) is 37.8 Å². The second-order valence-electron chi connectivity index (χ2n) is 13.6. The highest BCUT2D eigenvalue weighted by molar-refractivity contribution is 5.30. The Morgan fingerprint density at radius 3 is 1.32 bits per heavy atom. The van der Waals surface area contributed by atoms with Crippen LogP contribution in [0.4, 0.5) is 0 Å². The molecule has 0 aromatic heterocycles. The van der Waals surface area contributed by atoms with Gasteiger partial charge in [0.25, 0.3) is 0 Å². The van der Waals surface area contributed by atoms with Crippen molar-refractivity contribution in [1.29, 1.82) is 0 Å². The smallest absolute Gasteiger partial charge is 0.123 e. The van der Waals surface area contributed by atoms with Crippen molar-refractivity contribution in [2.45, 2.75) is 167 Å². The summed E-state index contributed by atoms with van der Waals surface area (Å²) in [6.45, 7) is 9.31. The van der Waals surface area contributed by atoms with Gasteiger partial charge in [-0.25, -0.2) is 0 Å². The first-order valence-corrected chi connectivity index (χ1v) is 19.1. The van der Waals surface area contributed by atoms with Crippen molar-refractivity contribution in [3.8, 4) is 0 Å². The first kappa shape index (κ1) is 36.3. The Labute approximate surface area is 273 Å². The Hall–Kier alpha value is -2.22. The van der Waals surface area contributed by atoms with Gasteiger partial charge in [-0.3, -0.25) is 0 Å². The lowest BCUT2D eigenvalue weighted by atomic mass is 9.78. The molecule has 2 aromatic carbocycles. The molecule has 3 rings (SSSR count). The van der Waals surface area contributed by atoms with Gasteiger partial charge in [0.2, 0.25) is 0 Å². The van der Waals surface area contributed by atoms with E-state index >= 15 is 0 Å². The fourth-order valence-electron chi connectivity index (χ4n) is 7.62. The summed E-state index contributed by atoms with van der Waals surface area (Å²) in [5.41, 5.74) is 2.87. The number of hydrogen-bond donors (Lipinski definition) is 0. The third-order valence-electron chi connectivity index (χ3n) is 10.2. The molecular formula is C42H68N2. The molecule has 0 N–H and O–H groups in total. The van der Waals surface area contributed by atoms with Crippen LogP contribution in [0, 0.1) is 0 Å². The lowest BCUT2D eigenvalue weighted by Gasteiger charge is -2.51. The van der Waals surface area contributed by atoms with Gasteiger partial charge in [-0.15, -0.1) is 0 Å². The molecule has 0 saturated carbocycles. The zero-order valence-corrected chi connectivity index (χ0v) is 29.2. The summed E-state index contributed by atoms with van der Waals surface area (Å²) in [7, 11) is 0. The van der Waals surface area contributed by atoms with Crippen molar-refractivity contribution in [1.82, 2.24) is 9.80 Å². The van der Waals surface area contributed by atoms with E-state index in [-0.39, 0.29) is 5.66 Å². The highest BCUT2D eigenvalue weighted by Crippen LogP contribution is 2.45. The number of hydrogen-bond acceptors (Lipinski definition) is 2. The van der Waals surface area contributed by atoms with Crippen LogP contribution < -0.4 is 0 Å². The number of rotatable bonds is 26. The monoisotopic (exact) mass is 601 g/mol. The van der Waals surface area contributed by atoms with Crippen LogP contribution in [0.25, 0.3) is 0 Å². The molecular weight excluding hydrogens is 532 g/mol. The first-order valence-electron chi connectivity index (χ1n) is 19.1. The van der Waals surface area contributed by atoms with E-state index in [1.807, 2.05) is 0 Å². The van der Waals surface area contributed by atoms with Gasteiger partial charge in [-0.05, 0) is 30.4 Å². The predicted molar refractivity (Wildman–Crippen MR) is 194 cm³/mol. The van der Waals surface area contributed by atoms with Crippen molar-refractivity contribution < 1.29 is 0 Å². The second-order valence-corrected chi connectivity index (χ2v) is 13.6. The van der Waals surface area contributed by atoms with Crippen LogP contribution in [0.1, 0.15) is 166 Å². The van der Waals surface area contributed by atoms with Crippen LogP contribution in [-0.2, 0) is 6.42 Å². The lowest BCUT2D eigenvalue weighted by Crippen LogP contribution is -2.59. The molecule has 0 fully saturated rings. The molecule has 1 aliphatic heterocycles. The maximum atomic E-state index is 2.76. The molecule has 0 spiro atoms. The second kappa shape index (κ2) is 22.3. The summed E-state index contributed by atoms with van der Waals surface area (Å²) in [6.07, 6.45) is 33.6. The number of unbranched alkanes of at least 4 members (excludes halogenated alkanes) is 17. The van der Waals surface area contributed by atoms with Crippen molar-refractivity contribution >= 4 is 0 Å². The van der Waals surface area contributed by atoms with E-state index in [0.29, 0.717) is 5.92 Å². The van der Waals surface area contributed by atoms with E-state index in [0.717, 1.165) is 25.9 Å². The maximum Gasteiger partial charge on any atom is 0.123 e. The van der Waals surface area contributed by atoms with Gasteiger partial charge >= 0.3 is 0 Å². The highest BCUT2D eigenvalue weighted by Gasteiger charge is 2.49. The first-order chi connectivity index (χ1) is 21.8. The van der Waals surface area contributed by atoms with E-state index < -0.39 is 0 Å². The van der Waals surface area contributed by atoms with Gasteiger partial charge in [-0.1, -0.05) is 191 Å². The minimum absolute atomic E-state index is 0.0549. The fraction of sp³-hybridized carbons (Fsp3) is 0.667. The molecule has 246 valence electrons. The molecule has 2 atom stereocenters. The van der Waals surface area contributed by atoms with Crippen LogP contribution >= 0.6 is 0 Å². The largest absolute Gasteiger partial charge is 0.353 e. The normalized spacial score (nSPS) is 17.1. The van der Waals surface area contributed by atoms with Gasteiger partial charge in [0.1, 0.15) is 5.66 Å². The van der Waals surface area contributed by atoms with E-state index in [9.17, 15) is 0 Å². The third-order valence-corrected chi connectivity index (χ3v) is 10.2. The minimum Gasteiger partial charge on any atom is -0.353 e. The Morgan fingerprint density at radius 2 is 0.864 bits per heavy atom. The lowest BCUT2D eigenvalue weighted by molar-refractivity contribution is -0.00373. The number of benzene rings is 2. The molecule has 1 heterocycles. The van der Waals surface area contributed by atoms with Crippen LogP contribution in [0.15, 0.2) is 73.1 Å². The molecule has 2 aromatic rings. The standard InChI is InChI=1S/C42H68N2/c1-4-7-9-10-11-12-13-14-15-16-17-18-19-20-21-29-35-44-37-36-43(34-28-8-5-2)42(44,38-39-30-24-22-25-31-39)41(6-3)40-32-26-23-27-33-40/h22-27,30-33,36-37,41H,4-21,28-29,34-35,38H2,1-3H3. The van der Waals surface area contributed by atoms with Crippen LogP contribution in [0.3, 0.4) is 0 Å². The summed E-state index contributed by atoms with van der Waals surface area (Å²) < 4.78 is 0. The van der Waals surface area contributed by atoms with Crippen LogP contribution in [0.2, 0.25) is 0 Å². The minimum atomic E-state index is -0.0549. The Bertz CT molecular complexity index is 970. The molecule has 2 heteroatoms. The third kappa shape index (κ3) is 11.9. The fourth-order valence-corrected chi connectivity index (χ4v) is 7.62. The highest BCUT2D eigenvalue weighted by atomic mass is 15.4. The van der Waals surface area contributed by atoms with E-state index in [4.69, 9.17) is 0 Å². The summed E-state index contributed by atoms with van der Waals surface area (Å²) >= 11 is 0. The maximum absolute atomic E-state index is 2.76. The molecule has 2 nitrogen and oxygen atoms in total. The van der Waals surface area contributed by atoms with Gasteiger partial charge in [-0.2, -0.15) is 0 Å². The SMILES string of the molecule is CCCCCCCCCCCCCCCCCCN1C=CN(CCCCC)C1(Cc1ccccc1)C(CC)c1ccccc1. The van der Waals surface area contributed by atoms with E-state index in [1.54, 1.807) is 0 Å². The Kier molecular flexibility index (Phi) is 18.4.